The molecule has 0 bridgehead atoms. The van der Waals surface area contributed by atoms with E-state index in [1.165, 1.54) is 47.6 Å². The quantitative estimate of drug-likeness (QED) is 0.620. The van der Waals surface area contributed by atoms with Crippen molar-refractivity contribution in [1.82, 2.24) is 4.31 Å². The maximum absolute atomic E-state index is 13.6. The lowest BCUT2D eigenvalue weighted by Crippen LogP contribution is -2.32. The molecule has 168 valence electrons. The zero-order valence-corrected chi connectivity index (χ0v) is 19.0. The number of esters is 1. The number of rotatable bonds is 8. The fourth-order valence-corrected chi connectivity index (χ4v) is 4.61. The molecule has 2 rings (SSSR count). The molecule has 1 atom stereocenters. The lowest BCUT2D eigenvalue weighted by Gasteiger charge is -2.20. The second kappa shape index (κ2) is 10.0. The highest BCUT2D eigenvalue weighted by Gasteiger charge is 2.26. The molecular weight excluding hydrogens is 423 g/mol. The summed E-state index contributed by atoms with van der Waals surface area (Å²) in [5, 5.41) is 2.48. The van der Waals surface area contributed by atoms with Gasteiger partial charge < -0.3 is 10.1 Å². The Kier molecular flexibility index (Phi) is 7.91. The van der Waals surface area contributed by atoms with Crippen LogP contribution in [0.5, 0.6) is 0 Å². The van der Waals surface area contributed by atoms with Crippen molar-refractivity contribution in [3.63, 3.8) is 0 Å². The van der Waals surface area contributed by atoms with Gasteiger partial charge in [-0.1, -0.05) is 26.0 Å². The minimum absolute atomic E-state index is 0.0114. The van der Waals surface area contributed by atoms with Crippen molar-refractivity contribution in [2.24, 2.45) is 0 Å². The number of amides is 1. The Morgan fingerprint density at radius 2 is 1.68 bits per heavy atom. The molecule has 7 nitrogen and oxygen atoms in total. The smallest absolute Gasteiger partial charge is 0.338 e. The van der Waals surface area contributed by atoms with Crippen LogP contribution >= 0.6 is 0 Å². The number of halogens is 1. The van der Waals surface area contributed by atoms with Gasteiger partial charge >= 0.3 is 5.97 Å². The van der Waals surface area contributed by atoms with Crippen LogP contribution in [-0.2, 0) is 19.6 Å². The summed E-state index contributed by atoms with van der Waals surface area (Å²) in [5.41, 5.74) is 1.18. The van der Waals surface area contributed by atoms with Crippen LogP contribution in [0.15, 0.2) is 41.3 Å². The number of sulfonamides is 1. The number of benzene rings is 2. The molecule has 1 amide bonds. The maximum atomic E-state index is 13.6. The van der Waals surface area contributed by atoms with Gasteiger partial charge in [-0.2, -0.15) is 4.31 Å². The molecule has 0 aliphatic carbocycles. The van der Waals surface area contributed by atoms with Crippen molar-refractivity contribution in [3.8, 4) is 0 Å². The topological polar surface area (TPSA) is 92.8 Å². The van der Waals surface area contributed by atoms with Crippen molar-refractivity contribution >= 4 is 27.6 Å². The zero-order chi connectivity index (χ0) is 23.3. The first-order valence-electron chi connectivity index (χ1n) is 9.90. The van der Waals surface area contributed by atoms with Crippen LogP contribution in [-0.4, -0.2) is 43.8 Å². The first-order valence-corrected chi connectivity index (χ1v) is 11.3. The Labute approximate surface area is 182 Å². The monoisotopic (exact) mass is 450 g/mol. The highest BCUT2D eigenvalue weighted by Crippen LogP contribution is 2.22. The van der Waals surface area contributed by atoms with E-state index < -0.39 is 33.8 Å². The summed E-state index contributed by atoms with van der Waals surface area (Å²) >= 11 is 0. The molecular formula is C22H27FN2O5S. The number of carbonyl (C=O) groups is 2. The summed E-state index contributed by atoms with van der Waals surface area (Å²) < 4.78 is 45.8. The standard InChI is InChI=1S/C22H27FN2O5S/c1-6-25(7-2)31(28,29)20-12-17(10-8-15(20)4)22(27)30-16(5)21(26)24-18-11-9-14(3)19(23)13-18/h8-13,16H,6-7H2,1-5H3,(H,24,26)/t16-/m1/s1. The van der Waals surface area contributed by atoms with Crippen molar-refractivity contribution in [2.75, 3.05) is 18.4 Å². The Balaban J connectivity index is 2.17. The third-order valence-electron chi connectivity index (χ3n) is 4.84. The van der Waals surface area contributed by atoms with Gasteiger partial charge in [-0.25, -0.2) is 17.6 Å². The van der Waals surface area contributed by atoms with Gasteiger partial charge in [0, 0.05) is 18.8 Å². The normalized spacial score (nSPS) is 12.5. The molecule has 0 fully saturated rings. The Morgan fingerprint density at radius 3 is 2.26 bits per heavy atom. The summed E-state index contributed by atoms with van der Waals surface area (Å²) in [4.78, 5) is 24.9. The van der Waals surface area contributed by atoms with E-state index >= 15 is 0 Å². The van der Waals surface area contributed by atoms with Gasteiger partial charge in [0.2, 0.25) is 10.0 Å². The van der Waals surface area contributed by atoms with E-state index in [0.717, 1.165) is 0 Å². The zero-order valence-electron chi connectivity index (χ0n) is 18.2. The number of carbonyl (C=O) groups excluding carboxylic acids is 2. The molecule has 0 radical (unpaired) electrons. The Hall–Kier alpha value is -2.78. The summed E-state index contributed by atoms with van der Waals surface area (Å²) in [5.74, 6) is -1.95. The SMILES string of the molecule is CCN(CC)S(=O)(=O)c1cc(C(=O)O[C@H](C)C(=O)Nc2ccc(C)c(F)c2)ccc1C. The lowest BCUT2D eigenvalue weighted by molar-refractivity contribution is -0.123. The van der Waals surface area contributed by atoms with E-state index in [4.69, 9.17) is 4.74 Å². The number of hydrogen-bond acceptors (Lipinski definition) is 5. The first-order chi connectivity index (χ1) is 14.5. The predicted octanol–water partition coefficient (Wildman–Crippen LogP) is 3.66. The third kappa shape index (κ3) is 5.68. The average Bonchev–Trinajstić information content (AvgIpc) is 2.71. The molecule has 0 saturated carbocycles. The van der Waals surface area contributed by atoms with Gasteiger partial charge in [0.1, 0.15) is 5.82 Å². The molecule has 1 N–H and O–H groups in total. The highest BCUT2D eigenvalue weighted by molar-refractivity contribution is 7.89. The number of aryl methyl sites for hydroxylation is 2. The second-order valence-corrected chi connectivity index (χ2v) is 8.98. The van der Waals surface area contributed by atoms with Crippen LogP contribution in [0, 0.1) is 19.7 Å². The Morgan fingerprint density at radius 1 is 1.06 bits per heavy atom. The molecule has 2 aromatic carbocycles. The summed E-state index contributed by atoms with van der Waals surface area (Å²) in [7, 11) is -3.77. The Bertz CT molecular complexity index is 1080. The van der Waals surface area contributed by atoms with E-state index in [0.29, 0.717) is 24.2 Å². The van der Waals surface area contributed by atoms with Gasteiger partial charge in [0.05, 0.1) is 10.5 Å². The van der Waals surface area contributed by atoms with Crippen LogP contribution < -0.4 is 5.32 Å². The van der Waals surface area contributed by atoms with Crippen LogP contribution in [0.4, 0.5) is 10.1 Å². The molecule has 0 aromatic heterocycles. The molecule has 0 heterocycles. The lowest BCUT2D eigenvalue weighted by atomic mass is 10.1. The van der Waals surface area contributed by atoms with Crippen LogP contribution in [0.1, 0.15) is 42.3 Å². The molecule has 31 heavy (non-hydrogen) atoms. The van der Waals surface area contributed by atoms with Gasteiger partial charge in [0.25, 0.3) is 5.91 Å². The van der Waals surface area contributed by atoms with Crippen molar-refractivity contribution in [2.45, 2.75) is 45.6 Å². The average molecular weight is 451 g/mol. The van der Waals surface area contributed by atoms with Gasteiger partial charge in [-0.3, -0.25) is 4.79 Å². The predicted molar refractivity (Wildman–Crippen MR) is 116 cm³/mol. The van der Waals surface area contributed by atoms with Gasteiger partial charge in [-0.05, 0) is 56.2 Å². The second-order valence-electron chi connectivity index (χ2n) is 7.07. The first kappa shape index (κ1) is 24.5. The third-order valence-corrected chi connectivity index (χ3v) is 7.03. The summed E-state index contributed by atoms with van der Waals surface area (Å²) in [6.07, 6.45) is -1.18. The fraction of sp³-hybridized carbons (Fsp3) is 0.364. The number of nitrogens with zero attached hydrogens (tertiary/aromatic N) is 1. The minimum Gasteiger partial charge on any atom is -0.449 e. The van der Waals surface area contributed by atoms with E-state index in [1.807, 2.05) is 0 Å². The molecule has 0 aliphatic rings. The van der Waals surface area contributed by atoms with E-state index in [1.54, 1.807) is 27.7 Å². The van der Waals surface area contributed by atoms with Crippen molar-refractivity contribution in [3.05, 3.63) is 58.9 Å². The van der Waals surface area contributed by atoms with Crippen molar-refractivity contribution in [1.29, 1.82) is 0 Å². The summed E-state index contributed by atoms with van der Waals surface area (Å²) in [6.45, 7) is 8.67. The molecule has 0 spiro atoms. The molecule has 9 heteroatoms. The molecule has 0 unspecified atom stereocenters. The summed E-state index contributed by atoms with van der Waals surface area (Å²) in [6, 6.07) is 8.45. The fourth-order valence-electron chi connectivity index (χ4n) is 2.90. The molecule has 0 saturated heterocycles. The van der Waals surface area contributed by atoms with Crippen LogP contribution in [0.2, 0.25) is 0 Å². The number of hydrogen-bond donors (Lipinski definition) is 1. The van der Waals surface area contributed by atoms with Gasteiger partial charge in [0.15, 0.2) is 6.10 Å². The number of anilines is 1. The van der Waals surface area contributed by atoms with E-state index in [2.05, 4.69) is 5.32 Å². The highest BCUT2D eigenvalue weighted by atomic mass is 32.2. The number of nitrogens with one attached hydrogen (secondary N) is 1. The van der Waals surface area contributed by atoms with Crippen LogP contribution in [0.25, 0.3) is 0 Å². The number of ether oxygens (including phenoxy) is 1. The molecule has 0 aliphatic heterocycles. The van der Waals surface area contributed by atoms with E-state index in [-0.39, 0.29) is 16.1 Å². The van der Waals surface area contributed by atoms with Crippen molar-refractivity contribution < 1.29 is 27.1 Å². The largest absolute Gasteiger partial charge is 0.449 e. The maximum Gasteiger partial charge on any atom is 0.338 e. The van der Waals surface area contributed by atoms with Gasteiger partial charge in [-0.15, -0.1) is 0 Å². The molecule has 2 aromatic rings. The van der Waals surface area contributed by atoms with E-state index in [9.17, 15) is 22.4 Å². The van der Waals surface area contributed by atoms with Crippen LogP contribution in [0.3, 0.4) is 0 Å². The minimum atomic E-state index is -3.77.